The topological polar surface area (TPSA) is 110 Å². The van der Waals surface area contributed by atoms with Crippen molar-refractivity contribution in [2.24, 2.45) is 7.05 Å². The Kier molecular flexibility index (Phi) is 6.04. The Balaban J connectivity index is 1.39. The predicted octanol–water partition coefficient (Wildman–Crippen LogP) is 3.35. The van der Waals surface area contributed by atoms with Crippen molar-refractivity contribution in [3.05, 3.63) is 60.7 Å². The Bertz CT molecular complexity index is 1500. The van der Waals surface area contributed by atoms with Gasteiger partial charge in [-0.3, -0.25) is 14.6 Å². The number of hydrogen-bond acceptors (Lipinski definition) is 8. The van der Waals surface area contributed by atoms with Crippen LogP contribution in [0.1, 0.15) is 24.4 Å². The van der Waals surface area contributed by atoms with Crippen molar-refractivity contribution in [2.75, 3.05) is 38.2 Å². The lowest BCUT2D eigenvalue weighted by Crippen LogP contribution is -2.37. The Morgan fingerprint density at radius 1 is 1.17 bits per heavy atom. The van der Waals surface area contributed by atoms with Crippen LogP contribution in [0.15, 0.2) is 49.3 Å². The predicted molar refractivity (Wildman–Crippen MR) is 139 cm³/mol. The Morgan fingerprint density at radius 3 is 2.89 bits per heavy atom. The number of imidazole rings is 1. The molecule has 1 aliphatic rings. The van der Waals surface area contributed by atoms with Crippen LogP contribution in [-0.2, 0) is 18.2 Å². The highest BCUT2D eigenvalue weighted by molar-refractivity contribution is 5.98. The second-order valence-corrected chi connectivity index (χ2v) is 9.19. The maximum absolute atomic E-state index is 5.54. The quantitative estimate of drug-likeness (QED) is 0.363. The molecule has 1 saturated heterocycles. The van der Waals surface area contributed by atoms with Gasteiger partial charge in [0.05, 0.1) is 43.2 Å². The van der Waals surface area contributed by atoms with Gasteiger partial charge in [-0.25, -0.2) is 15.0 Å². The smallest absolute Gasteiger partial charge is 0.162 e. The number of ether oxygens (including phenoxy) is 1. The molecule has 0 spiro atoms. The number of aryl methyl sites for hydroxylation is 1. The molecular formula is C26H29N9O. The molecule has 1 aromatic carbocycles. The third kappa shape index (κ3) is 4.40. The molecule has 0 saturated carbocycles. The van der Waals surface area contributed by atoms with Gasteiger partial charge in [-0.2, -0.15) is 5.10 Å². The molecule has 4 aromatic heterocycles. The maximum atomic E-state index is 5.54. The Morgan fingerprint density at radius 2 is 2.06 bits per heavy atom. The number of rotatable bonds is 7. The molecule has 2 N–H and O–H groups in total. The molecule has 1 atom stereocenters. The number of morpholine rings is 1. The summed E-state index contributed by atoms with van der Waals surface area (Å²) >= 11 is 0. The molecule has 0 unspecified atom stereocenters. The van der Waals surface area contributed by atoms with E-state index in [9.17, 15) is 0 Å². The SMILES string of the molecule is C[C@H](Nc1ncnc2[nH]cnc12)c1cc2cccc(-c3cnn(C)c3)c2c(CCN2CCOCC2)n1. The fraction of sp³-hybridized carbons (Fsp3) is 0.346. The summed E-state index contributed by atoms with van der Waals surface area (Å²) in [6, 6.07) is 8.54. The van der Waals surface area contributed by atoms with Crippen molar-refractivity contribution < 1.29 is 4.74 Å². The Hall–Kier alpha value is -3.89. The van der Waals surface area contributed by atoms with Gasteiger partial charge in [-0.15, -0.1) is 0 Å². The van der Waals surface area contributed by atoms with Gasteiger partial charge in [0.25, 0.3) is 0 Å². The standard InChI is InChI=1S/C26H29N9O/c1-17(32-26-24-25(28-15-27-24)29-16-30-26)22-12-18-4-3-5-20(19-13-31-34(2)14-19)23(18)21(33-22)6-7-35-8-10-36-11-9-35/h3-5,12-17H,6-11H2,1-2H3,(H2,27,28,29,30,32)/t17-/m0/s1. The molecule has 0 radical (unpaired) electrons. The number of nitrogens with zero attached hydrogens (tertiary/aromatic N) is 7. The minimum Gasteiger partial charge on any atom is -0.379 e. The molecular weight excluding hydrogens is 454 g/mol. The zero-order valence-corrected chi connectivity index (χ0v) is 20.5. The maximum Gasteiger partial charge on any atom is 0.162 e. The first kappa shape index (κ1) is 22.6. The second kappa shape index (κ2) is 9.63. The summed E-state index contributed by atoms with van der Waals surface area (Å²) < 4.78 is 7.38. The molecule has 0 amide bonds. The number of pyridine rings is 1. The first-order valence-electron chi connectivity index (χ1n) is 12.3. The average Bonchev–Trinajstić information content (AvgIpc) is 3.57. The molecule has 1 fully saturated rings. The normalized spacial score (nSPS) is 15.5. The van der Waals surface area contributed by atoms with Gasteiger partial charge in [0.15, 0.2) is 11.5 Å². The summed E-state index contributed by atoms with van der Waals surface area (Å²) in [6.07, 6.45) is 8.00. The molecule has 5 aromatic rings. The van der Waals surface area contributed by atoms with E-state index in [1.54, 1.807) is 6.33 Å². The summed E-state index contributed by atoms with van der Waals surface area (Å²) in [5.41, 5.74) is 5.74. The van der Waals surface area contributed by atoms with E-state index in [4.69, 9.17) is 9.72 Å². The van der Waals surface area contributed by atoms with Crippen LogP contribution in [0.5, 0.6) is 0 Å². The van der Waals surface area contributed by atoms with E-state index in [0.29, 0.717) is 11.5 Å². The molecule has 184 valence electrons. The third-order valence-electron chi connectivity index (χ3n) is 6.75. The number of benzene rings is 1. The van der Waals surface area contributed by atoms with Gasteiger partial charge in [0.2, 0.25) is 0 Å². The molecule has 10 heteroatoms. The average molecular weight is 484 g/mol. The number of aromatic nitrogens is 7. The molecule has 1 aliphatic heterocycles. The zero-order chi connectivity index (χ0) is 24.5. The van der Waals surface area contributed by atoms with E-state index < -0.39 is 0 Å². The monoisotopic (exact) mass is 483 g/mol. The van der Waals surface area contributed by atoms with Crippen LogP contribution < -0.4 is 5.32 Å². The number of anilines is 1. The van der Waals surface area contributed by atoms with Crippen molar-refractivity contribution in [3.63, 3.8) is 0 Å². The van der Waals surface area contributed by atoms with E-state index >= 15 is 0 Å². The number of nitrogens with one attached hydrogen (secondary N) is 2. The van der Waals surface area contributed by atoms with Gasteiger partial charge >= 0.3 is 0 Å². The summed E-state index contributed by atoms with van der Waals surface area (Å²) in [5, 5.41) is 10.3. The highest BCUT2D eigenvalue weighted by Crippen LogP contribution is 2.33. The first-order chi connectivity index (χ1) is 17.7. The minimum atomic E-state index is -0.0756. The van der Waals surface area contributed by atoms with Gasteiger partial charge < -0.3 is 15.0 Å². The van der Waals surface area contributed by atoms with E-state index in [-0.39, 0.29) is 6.04 Å². The van der Waals surface area contributed by atoms with Crippen LogP contribution >= 0.6 is 0 Å². The zero-order valence-electron chi connectivity index (χ0n) is 20.5. The fourth-order valence-electron chi connectivity index (χ4n) is 4.86. The molecule has 10 nitrogen and oxygen atoms in total. The fourth-order valence-corrected chi connectivity index (χ4v) is 4.86. The van der Waals surface area contributed by atoms with Crippen molar-refractivity contribution in [1.82, 2.24) is 39.6 Å². The van der Waals surface area contributed by atoms with Crippen LogP contribution in [0.3, 0.4) is 0 Å². The van der Waals surface area contributed by atoms with Crippen LogP contribution in [0.4, 0.5) is 5.82 Å². The first-order valence-corrected chi connectivity index (χ1v) is 12.3. The third-order valence-corrected chi connectivity index (χ3v) is 6.75. The summed E-state index contributed by atoms with van der Waals surface area (Å²) in [5.74, 6) is 0.689. The number of H-pyrrole nitrogens is 1. The van der Waals surface area contributed by atoms with E-state index in [1.165, 1.54) is 17.1 Å². The second-order valence-electron chi connectivity index (χ2n) is 9.19. The molecule has 0 aliphatic carbocycles. The van der Waals surface area contributed by atoms with E-state index in [1.807, 2.05) is 17.9 Å². The molecule has 0 bridgehead atoms. The highest BCUT2D eigenvalue weighted by Gasteiger charge is 2.19. The number of hydrogen-bond donors (Lipinski definition) is 2. The van der Waals surface area contributed by atoms with Crippen LogP contribution in [-0.4, -0.2) is 72.4 Å². The molecule has 36 heavy (non-hydrogen) atoms. The molecule has 5 heterocycles. The van der Waals surface area contributed by atoms with Gasteiger partial charge in [-0.05, 0) is 23.9 Å². The summed E-state index contributed by atoms with van der Waals surface area (Å²) in [6.45, 7) is 6.54. The highest BCUT2D eigenvalue weighted by atomic mass is 16.5. The van der Waals surface area contributed by atoms with E-state index in [2.05, 4.69) is 72.6 Å². The van der Waals surface area contributed by atoms with Gasteiger partial charge in [-0.1, -0.05) is 18.2 Å². The van der Waals surface area contributed by atoms with E-state index in [0.717, 1.165) is 67.3 Å². The minimum absolute atomic E-state index is 0.0756. The summed E-state index contributed by atoms with van der Waals surface area (Å²) in [4.78, 5) is 23.8. The lowest BCUT2D eigenvalue weighted by molar-refractivity contribution is 0.0384. The van der Waals surface area contributed by atoms with Crippen molar-refractivity contribution in [1.29, 1.82) is 0 Å². The lowest BCUT2D eigenvalue weighted by atomic mass is 9.96. The van der Waals surface area contributed by atoms with Gasteiger partial charge in [0.1, 0.15) is 11.8 Å². The van der Waals surface area contributed by atoms with Crippen molar-refractivity contribution >= 4 is 27.8 Å². The largest absolute Gasteiger partial charge is 0.379 e. The van der Waals surface area contributed by atoms with Crippen LogP contribution in [0.2, 0.25) is 0 Å². The molecule has 6 rings (SSSR count). The van der Waals surface area contributed by atoms with Crippen molar-refractivity contribution in [2.45, 2.75) is 19.4 Å². The Labute approximate surface area is 208 Å². The van der Waals surface area contributed by atoms with Crippen LogP contribution in [0, 0.1) is 0 Å². The lowest BCUT2D eigenvalue weighted by Gasteiger charge is -2.27. The van der Waals surface area contributed by atoms with Crippen LogP contribution in [0.25, 0.3) is 33.1 Å². The summed E-state index contributed by atoms with van der Waals surface area (Å²) in [7, 11) is 1.95. The van der Waals surface area contributed by atoms with Gasteiger partial charge in [0, 0.05) is 50.2 Å². The van der Waals surface area contributed by atoms with Crippen molar-refractivity contribution in [3.8, 4) is 11.1 Å². The number of fused-ring (bicyclic) bond motifs is 2. The number of aromatic amines is 1.